The molecule has 4 rings (SSSR count). The van der Waals surface area contributed by atoms with Crippen LogP contribution in [0.15, 0.2) is 54.6 Å². The minimum Gasteiger partial charge on any atom is -0.294 e. The summed E-state index contributed by atoms with van der Waals surface area (Å²) in [5.74, 6) is 0.104. The second kappa shape index (κ2) is 6.29. The van der Waals surface area contributed by atoms with Crippen molar-refractivity contribution in [1.82, 2.24) is 4.90 Å². The van der Waals surface area contributed by atoms with Crippen molar-refractivity contribution in [3.63, 3.8) is 0 Å². The van der Waals surface area contributed by atoms with E-state index in [0.717, 1.165) is 31.5 Å². The first-order chi connectivity index (χ1) is 12.1. The van der Waals surface area contributed by atoms with Gasteiger partial charge < -0.3 is 0 Å². The summed E-state index contributed by atoms with van der Waals surface area (Å²) < 4.78 is 0. The number of nitro groups is 1. The summed E-state index contributed by atoms with van der Waals surface area (Å²) in [5.41, 5.74) is 1.95. The van der Waals surface area contributed by atoms with Crippen molar-refractivity contribution in [2.24, 2.45) is 0 Å². The molecule has 6 nitrogen and oxygen atoms in total. The SMILES string of the molecule is O=C1[C@@H]2CCCN2[C@@H](Cc2ccccc2)N1c1ccc([N+](=O)[O-])cc1. The van der Waals surface area contributed by atoms with Crippen LogP contribution in [0, 0.1) is 10.1 Å². The summed E-state index contributed by atoms with van der Waals surface area (Å²) in [6, 6.07) is 16.3. The van der Waals surface area contributed by atoms with Crippen LogP contribution in [-0.2, 0) is 11.2 Å². The minimum atomic E-state index is -0.421. The summed E-state index contributed by atoms with van der Waals surface area (Å²) >= 11 is 0. The van der Waals surface area contributed by atoms with Gasteiger partial charge in [0.05, 0.1) is 17.1 Å². The second-order valence-electron chi connectivity index (χ2n) is 6.55. The van der Waals surface area contributed by atoms with Crippen LogP contribution < -0.4 is 4.90 Å². The first-order valence-electron chi connectivity index (χ1n) is 8.52. The predicted octanol–water partition coefficient (Wildman–Crippen LogP) is 2.97. The van der Waals surface area contributed by atoms with Crippen LogP contribution >= 0.6 is 0 Å². The standard InChI is InChI=1S/C19H19N3O3/c23-19-17-7-4-12-20(17)18(13-14-5-2-1-3-6-14)21(19)15-8-10-16(11-9-15)22(24)25/h1-3,5-6,8-11,17-18H,4,7,12-13H2/t17-,18+/m0/s1. The monoisotopic (exact) mass is 337 g/mol. The molecule has 2 aliphatic heterocycles. The number of hydrogen-bond acceptors (Lipinski definition) is 4. The molecule has 6 heteroatoms. The molecule has 1 amide bonds. The van der Waals surface area contributed by atoms with Gasteiger partial charge in [-0.1, -0.05) is 30.3 Å². The number of nitrogens with zero attached hydrogens (tertiary/aromatic N) is 3. The Balaban J connectivity index is 1.67. The average molecular weight is 337 g/mol. The van der Waals surface area contributed by atoms with E-state index in [4.69, 9.17) is 0 Å². The van der Waals surface area contributed by atoms with Gasteiger partial charge in [0.2, 0.25) is 5.91 Å². The van der Waals surface area contributed by atoms with Crippen molar-refractivity contribution in [1.29, 1.82) is 0 Å². The van der Waals surface area contributed by atoms with Crippen molar-refractivity contribution in [3.05, 3.63) is 70.3 Å². The molecule has 0 aliphatic carbocycles. The Bertz CT molecular complexity index is 791. The normalized spacial score (nSPS) is 23.0. The second-order valence-corrected chi connectivity index (χ2v) is 6.55. The van der Waals surface area contributed by atoms with Gasteiger partial charge in [-0.15, -0.1) is 0 Å². The number of carbonyl (C=O) groups is 1. The Morgan fingerprint density at radius 1 is 1.08 bits per heavy atom. The zero-order chi connectivity index (χ0) is 17.4. The third-order valence-corrected chi connectivity index (χ3v) is 5.10. The molecule has 2 fully saturated rings. The van der Waals surface area contributed by atoms with Crippen molar-refractivity contribution >= 4 is 17.3 Å². The van der Waals surface area contributed by atoms with Gasteiger partial charge in [-0.05, 0) is 30.5 Å². The van der Waals surface area contributed by atoms with Crippen LogP contribution in [0.4, 0.5) is 11.4 Å². The van der Waals surface area contributed by atoms with Crippen LogP contribution in [0.5, 0.6) is 0 Å². The zero-order valence-corrected chi connectivity index (χ0v) is 13.7. The molecule has 0 radical (unpaired) electrons. The van der Waals surface area contributed by atoms with E-state index in [0.29, 0.717) is 0 Å². The smallest absolute Gasteiger partial charge is 0.269 e. The van der Waals surface area contributed by atoms with Gasteiger partial charge in [0.25, 0.3) is 5.69 Å². The van der Waals surface area contributed by atoms with Crippen molar-refractivity contribution in [2.75, 3.05) is 11.4 Å². The molecule has 0 N–H and O–H groups in total. The molecule has 2 aromatic rings. The highest BCUT2D eigenvalue weighted by molar-refractivity contribution is 6.00. The lowest BCUT2D eigenvalue weighted by Crippen LogP contribution is -2.41. The predicted molar refractivity (Wildman–Crippen MR) is 94.2 cm³/mol. The van der Waals surface area contributed by atoms with Crippen molar-refractivity contribution < 1.29 is 9.72 Å². The van der Waals surface area contributed by atoms with Gasteiger partial charge in [-0.2, -0.15) is 0 Å². The molecule has 0 saturated carbocycles. The summed E-state index contributed by atoms with van der Waals surface area (Å²) in [4.78, 5) is 27.5. The molecule has 2 saturated heterocycles. The highest BCUT2D eigenvalue weighted by Crippen LogP contribution is 2.36. The Morgan fingerprint density at radius 3 is 2.48 bits per heavy atom. The molecule has 0 unspecified atom stereocenters. The number of amides is 1. The maximum atomic E-state index is 13.0. The highest BCUT2D eigenvalue weighted by atomic mass is 16.6. The number of benzene rings is 2. The maximum Gasteiger partial charge on any atom is 0.269 e. The lowest BCUT2D eigenvalue weighted by atomic mass is 10.1. The molecular weight excluding hydrogens is 318 g/mol. The van der Waals surface area contributed by atoms with Crippen molar-refractivity contribution in [2.45, 2.75) is 31.5 Å². The molecule has 2 atom stereocenters. The maximum absolute atomic E-state index is 13.0. The van der Waals surface area contributed by atoms with Crippen molar-refractivity contribution in [3.8, 4) is 0 Å². The van der Waals surface area contributed by atoms with Gasteiger partial charge in [0, 0.05) is 30.8 Å². The molecule has 2 aromatic carbocycles. The van der Waals surface area contributed by atoms with Crippen LogP contribution in [0.3, 0.4) is 0 Å². The first-order valence-corrected chi connectivity index (χ1v) is 8.52. The minimum absolute atomic E-state index is 0.0375. The molecule has 0 spiro atoms. The molecule has 0 bridgehead atoms. The van der Waals surface area contributed by atoms with Crippen LogP contribution in [0.25, 0.3) is 0 Å². The van der Waals surface area contributed by atoms with E-state index in [1.54, 1.807) is 12.1 Å². The average Bonchev–Trinajstić information content (AvgIpc) is 3.20. The first kappa shape index (κ1) is 15.8. The fourth-order valence-corrected chi connectivity index (χ4v) is 3.93. The van der Waals surface area contributed by atoms with E-state index >= 15 is 0 Å². The van der Waals surface area contributed by atoms with Gasteiger partial charge in [0.1, 0.15) is 0 Å². The molecular formula is C19H19N3O3. The summed E-state index contributed by atoms with van der Waals surface area (Å²) in [6.07, 6.45) is 2.63. The number of anilines is 1. The van der Waals surface area contributed by atoms with Crippen LogP contribution in [0.1, 0.15) is 18.4 Å². The van der Waals surface area contributed by atoms with E-state index in [2.05, 4.69) is 17.0 Å². The van der Waals surface area contributed by atoms with E-state index in [1.165, 1.54) is 17.7 Å². The van der Waals surface area contributed by atoms with Gasteiger partial charge in [-0.25, -0.2) is 0 Å². The van der Waals surface area contributed by atoms with Crippen LogP contribution in [-0.4, -0.2) is 34.5 Å². The van der Waals surface area contributed by atoms with E-state index in [9.17, 15) is 14.9 Å². The lowest BCUT2D eigenvalue weighted by molar-refractivity contribution is -0.384. The van der Waals surface area contributed by atoms with Gasteiger partial charge in [0.15, 0.2) is 0 Å². The summed E-state index contributed by atoms with van der Waals surface area (Å²) in [6.45, 7) is 0.914. The lowest BCUT2D eigenvalue weighted by Gasteiger charge is -2.29. The molecule has 2 heterocycles. The van der Waals surface area contributed by atoms with E-state index in [1.807, 2.05) is 23.1 Å². The largest absolute Gasteiger partial charge is 0.294 e. The fourth-order valence-electron chi connectivity index (χ4n) is 3.93. The summed E-state index contributed by atoms with van der Waals surface area (Å²) in [7, 11) is 0. The summed E-state index contributed by atoms with van der Waals surface area (Å²) in [5, 5.41) is 10.9. The number of rotatable bonds is 4. The van der Waals surface area contributed by atoms with E-state index < -0.39 is 4.92 Å². The van der Waals surface area contributed by atoms with E-state index in [-0.39, 0.29) is 23.8 Å². The number of non-ortho nitro benzene ring substituents is 1. The Labute approximate surface area is 145 Å². The Morgan fingerprint density at radius 2 is 1.80 bits per heavy atom. The third kappa shape index (κ3) is 2.78. The number of nitro benzene ring substituents is 1. The quantitative estimate of drug-likeness (QED) is 0.635. The van der Waals surface area contributed by atoms with Gasteiger partial charge in [-0.3, -0.25) is 24.7 Å². The molecule has 128 valence electrons. The highest BCUT2D eigenvalue weighted by Gasteiger charge is 2.48. The molecule has 2 aliphatic rings. The Kier molecular flexibility index (Phi) is 3.97. The topological polar surface area (TPSA) is 66.7 Å². The molecule has 0 aromatic heterocycles. The van der Waals surface area contributed by atoms with Gasteiger partial charge >= 0.3 is 0 Å². The zero-order valence-electron chi connectivity index (χ0n) is 13.7. The Hall–Kier alpha value is -2.73. The number of hydrogen-bond donors (Lipinski definition) is 0. The number of fused-ring (bicyclic) bond motifs is 1. The molecule has 25 heavy (non-hydrogen) atoms. The fraction of sp³-hybridized carbons (Fsp3) is 0.316. The third-order valence-electron chi connectivity index (χ3n) is 5.10. The number of carbonyl (C=O) groups excluding carboxylic acids is 1. The van der Waals surface area contributed by atoms with Crippen LogP contribution in [0.2, 0.25) is 0 Å².